The fourth-order valence-electron chi connectivity index (χ4n) is 4.13. The molecule has 1 aliphatic heterocycles. The Bertz CT molecular complexity index is 1370. The Morgan fingerprint density at radius 1 is 1.15 bits per heavy atom. The second-order valence-corrected chi connectivity index (χ2v) is 7.71. The zero-order chi connectivity index (χ0) is 23.5. The number of nitriles is 1. The standard InChI is InChI=1S/C21H13F5N6O/c22-13-3-9(31-18-17-10(14(23)7-30-18)1-8(5-27)6-29-17)2-12(16(13)24)21(19(25)26)11-4-15(11)33-20(28)32-21/h1-3,6-7,11,15,19H,4H2,(H2,28,32)(H,30,31)/t11-,15?,21-/m1/s1. The number of aliphatic imine (C=N–C) groups is 1. The van der Waals surface area contributed by atoms with Crippen molar-refractivity contribution >= 4 is 28.4 Å². The summed E-state index contributed by atoms with van der Waals surface area (Å²) in [6, 6.07) is 4.29. The van der Waals surface area contributed by atoms with Crippen molar-refractivity contribution in [2.45, 2.75) is 24.5 Å². The molecular formula is C21H13F5N6O. The Hall–Kier alpha value is -4.01. The average Bonchev–Trinajstić information content (AvgIpc) is 3.56. The largest absolute Gasteiger partial charge is 0.462 e. The van der Waals surface area contributed by atoms with E-state index >= 15 is 0 Å². The summed E-state index contributed by atoms with van der Waals surface area (Å²) in [4.78, 5) is 11.6. The number of amidine groups is 1. The molecule has 33 heavy (non-hydrogen) atoms. The predicted octanol–water partition coefficient (Wildman–Crippen LogP) is 3.86. The van der Waals surface area contributed by atoms with Crippen LogP contribution < -0.4 is 11.1 Å². The van der Waals surface area contributed by atoms with Crippen LogP contribution in [-0.4, -0.2) is 28.5 Å². The first-order valence-corrected chi connectivity index (χ1v) is 9.65. The molecule has 3 aromatic rings. The lowest BCUT2D eigenvalue weighted by Gasteiger charge is -2.33. The van der Waals surface area contributed by atoms with Crippen molar-refractivity contribution in [1.29, 1.82) is 5.26 Å². The van der Waals surface area contributed by atoms with Gasteiger partial charge in [0.1, 0.15) is 17.7 Å². The summed E-state index contributed by atoms with van der Waals surface area (Å²) in [5.74, 6) is -4.59. The molecule has 1 saturated carbocycles. The smallest absolute Gasteiger partial charge is 0.283 e. The van der Waals surface area contributed by atoms with Gasteiger partial charge >= 0.3 is 0 Å². The van der Waals surface area contributed by atoms with Crippen molar-refractivity contribution in [2.24, 2.45) is 16.6 Å². The summed E-state index contributed by atoms with van der Waals surface area (Å²) < 4.78 is 77.3. The highest BCUT2D eigenvalue weighted by molar-refractivity contribution is 5.90. The minimum Gasteiger partial charge on any atom is -0.462 e. The molecule has 2 aliphatic rings. The van der Waals surface area contributed by atoms with Gasteiger partial charge in [0.2, 0.25) is 0 Å². The molecule has 3 heterocycles. The number of benzene rings is 1. The number of aromatic nitrogens is 2. The zero-order valence-corrected chi connectivity index (χ0v) is 16.5. The summed E-state index contributed by atoms with van der Waals surface area (Å²) in [5.41, 5.74) is 2.38. The monoisotopic (exact) mass is 460 g/mol. The van der Waals surface area contributed by atoms with Crippen molar-refractivity contribution in [3.63, 3.8) is 0 Å². The van der Waals surface area contributed by atoms with Gasteiger partial charge in [-0.25, -0.2) is 31.9 Å². The van der Waals surface area contributed by atoms with Crippen LogP contribution in [0.15, 0.2) is 35.6 Å². The summed E-state index contributed by atoms with van der Waals surface area (Å²) in [7, 11) is 0. The molecular weight excluding hydrogens is 447 g/mol. The molecule has 3 atom stereocenters. The Labute approximate surface area is 182 Å². The van der Waals surface area contributed by atoms with Crippen molar-refractivity contribution in [1.82, 2.24) is 9.97 Å². The number of nitrogens with one attached hydrogen (secondary N) is 1. The minimum absolute atomic E-state index is 0.000514. The number of ether oxygens (including phenoxy) is 1. The van der Waals surface area contributed by atoms with E-state index in [1.165, 1.54) is 12.3 Å². The molecule has 5 rings (SSSR count). The van der Waals surface area contributed by atoms with Crippen molar-refractivity contribution in [3.8, 4) is 6.07 Å². The number of hydrogen-bond donors (Lipinski definition) is 2. The fourth-order valence-corrected chi connectivity index (χ4v) is 4.13. The molecule has 0 spiro atoms. The van der Waals surface area contributed by atoms with Crippen LogP contribution in [0, 0.1) is 34.7 Å². The Balaban J connectivity index is 1.63. The molecule has 0 amide bonds. The zero-order valence-electron chi connectivity index (χ0n) is 16.5. The van der Waals surface area contributed by atoms with Crippen LogP contribution in [0.1, 0.15) is 17.5 Å². The molecule has 7 nitrogen and oxygen atoms in total. The van der Waals surface area contributed by atoms with Crippen LogP contribution in [0.2, 0.25) is 0 Å². The van der Waals surface area contributed by atoms with Gasteiger partial charge in [0.15, 0.2) is 28.8 Å². The Morgan fingerprint density at radius 2 is 1.94 bits per heavy atom. The molecule has 1 unspecified atom stereocenters. The number of halogens is 5. The van der Waals surface area contributed by atoms with E-state index in [2.05, 4.69) is 20.3 Å². The van der Waals surface area contributed by atoms with Gasteiger partial charge in [-0.3, -0.25) is 4.98 Å². The number of alkyl halides is 2. The maximum absolute atomic E-state index is 14.8. The van der Waals surface area contributed by atoms with Gasteiger partial charge < -0.3 is 15.8 Å². The van der Waals surface area contributed by atoms with Gasteiger partial charge in [-0.15, -0.1) is 0 Å². The van der Waals surface area contributed by atoms with E-state index in [-0.39, 0.29) is 34.4 Å². The topological polar surface area (TPSA) is 109 Å². The molecule has 168 valence electrons. The molecule has 2 aromatic heterocycles. The summed E-state index contributed by atoms with van der Waals surface area (Å²) in [6.45, 7) is 0. The second-order valence-electron chi connectivity index (χ2n) is 7.71. The second kappa shape index (κ2) is 7.26. The number of nitrogens with two attached hydrogens (primary N) is 1. The van der Waals surface area contributed by atoms with E-state index in [0.717, 1.165) is 18.3 Å². The molecule has 0 saturated heterocycles. The summed E-state index contributed by atoms with van der Waals surface area (Å²) in [6.07, 6.45) is -1.67. The molecule has 1 aromatic carbocycles. The molecule has 0 bridgehead atoms. The Kier molecular flexibility index (Phi) is 4.59. The lowest BCUT2D eigenvalue weighted by atomic mass is 9.84. The van der Waals surface area contributed by atoms with Crippen molar-refractivity contribution in [3.05, 3.63) is 59.2 Å². The van der Waals surface area contributed by atoms with Gasteiger partial charge in [-0.1, -0.05) is 0 Å². The first kappa shape index (κ1) is 20.9. The average molecular weight is 460 g/mol. The maximum Gasteiger partial charge on any atom is 0.283 e. The highest BCUT2D eigenvalue weighted by Crippen LogP contribution is 2.56. The molecule has 0 radical (unpaired) electrons. The lowest BCUT2D eigenvalue weighted by Crippen LogP contribution is -2.43. The van der Waals surface area contributed by atoms with E-state index in [9.17, 15) is 22.0 Å². The molecule has 12 heteroatoms. The highest BCUT2D eigenvalue weighted by Gasteiger charge is 2.64. The normalized spacial score (nSPS) is 23.5. The quantitative estimate of drug-likeness (QED) is 0.573. The van der Waals surface area contributed by atoms with E-state index in [4.69, 9.17) is 15.7 Å². The first-order chi connectivity index (χ1) is 15.7. The predicted molar refractivity (Wildman–Crippen MR) is 106 cm³/mol. The van der Waals surface area contributed by atoms with E-state index in [1.807, 2.05) is 6.07 Å². The van der Waals surface area contributed by atoms with Crippen LogP contribution in [0.25, 0.3) is 10.9 Å². The lowest BCUT2D eigenvalue weighted by molar-refractivity contribution is 0.0173. The number of fused-ring (bicyclic) bond motifs is 2. The number of anilines is 2. The van der Waals surface area contributed by atoms with Gasteiger partial charge in [-0.2, -0.15) is 5.26 Å². The van der Waals surface area contributed by atoms with E-state index in [0.29, 0.717) is 0 Å². The number of pyridine rings is 2. The molecule has 3 N–H and O–H groups in total. The van der Waals surface area contributed by atoms with Crippen LogP contribution in [0.3, 0.4) is 0 Å². The summed E-state index contributed by atoms with van der Waals surface area (Å²) >= 11 is 0. The van der Waals surface area contributed by atoms with Gasteiger partial charge in [0, 0.05) is 34.8 Å². The third-order valence-electron chi connectivity index (χ3n) is 5.72. The first-order valence-electron chi connectivity index (χ1n) is 9.65. The maximum atomic E-state index is 14.8. The van der Waals surface area contributed by atoms with Gasteiger partial charge in [-0.05, 0) is 18.6 Å². The summed E-state index contributed by atoms with van der Waals surface area (Å²) in [5, 5.41) is 11.6. The third kappa shape index (κ3) is 3.19. The molecule has 1 aliphatic carbocycles. The van der Waals surface area contributed by atoms with Gasteiger partial charge in [0.05, 0.1) is 11.8 Å². The van der Waals surface area contributed by atoms with Crippen molar-refractivity contribution < 1.29 is 26.7 Å². The number of hydrogen-bond acceptors (Lipinski definition) is 7. The molecule has 1 fully saturated rings. The van der Waals surface area contributed by atoms with E-state index in [1.54, 1.807) is 0 Å². The number of nitrogens with zero attached hydrogens (tertiary/aromatic N) is 4. The van der Waals surface area contributed by atoms with Crippen LogP contribution in [-0.2, 0) is 10.3 Å². The van der Waals surface area contributed by atoms with Crippen molar-refractivity contribution in [2.75, 3.05) is 5.32 Å². The third-order valence-corrected chi connectivity index (χ3v) is 5.72. The van der Waals surface area contributed by atoms with Crippen LogP contribution in [0.5, 0.6) is 0 Å². The highest BCUT2D eigenvalue weighted by atomic mass is 19.3. The fraction of sp³-hybridized carbons (Fsp3) is 0.238. The number of rotatable bonds is 4. The van der Waals surface area contributed by atoms with Gasteiger partial charge in [0.25, 0.3) is 12.4 Å². The minimum atomic E-state index is -3.20. The van der Waals surface area contributed by atoms with E-state index < -0.39 is 53.0 Å². The van der Waals surface area contributed by atoms with Crippen LogP contribution >= 0.6 is 0 Å². The Morgan fingerprint density at radius 3 is 2.67 bits per heavy atom. The SMILES string of the molecule is N#Cc1cnc2c(Nc3cc(F)c(F)c([C@]4(C(F)F)N=C(N)OC5C[C@H]54)c3)ncc(F)c2c1. The van der Waals surface area contributed by atoms with Crippen LogP contribution in [0.4, 0.5) is 33.5 Å².